The molecule has 1 heterocycles. The largest absolute Gasteiger partial charge is 0.330 e. The summed E-state index contributed by atoms with van der Waals surface area (Å²) in [5, 5.41) is 0. The van der Waals surface area contributed by atoms with E-state index in [9.17, 15) is 13.2 Å². The van der Waals surface area contributed by atoms with Crippen LogP contribution in [0.3, 0.4) is 0 Å². The number of nitrogens with two attached hydrogens (primary N) is 1. The zero-order valence-electron chi connectivity index (χ0n) is 11.0. The molecule has 0 spiro atoms. The van der Waals surface area contributed by atoms with Gasteiger partial charge in [-0.05, 0) is 44.5 Å². The van der Waals surface area contributed by atoms with Crippen LogP contribution >= 0.6 is 0 Å². The first-order valence-electron chi connectivity index (χ1n) is 6.67. The van der Waals surface area contributed by atoms with Crippen LogP contribution in [0.4, 0.5) is 13.2 Å². The number of nitrogens with zero attached hydrogens (tertiary/aromatic N) is 1. The highest BCUT2D eigenvalue weighted by molar-refractivity contribution is 5.25. The Hall–Kier alpha value is -1.07. The standard InChI is InChI=1S/C14H19F3N2/c1-2-19-5-3-4-9(8-18)14(19)10-6-12(16)13(17)7-11(10)15/h6-7,9,14H,2-5,8,18H2,1H3. The predicted octanol–water partition coefficient (Wildman–Crippen LogP) is 2.84. The van der Waals surface area contributed by atoms with Crippen LogP contribution < -0.4 is 5.73 Å². The molecule has 0 aromatic heterocycles. The maximum Gasteiger partial charge on any atom is 0.161 e. The van der Waals surface area contributed by atoms with Crippen LogP contribution in [0.5, 0.6) is 0 Å². The molecule has 2 N–H and O–H groups in total. The molecule has 2 atom stereocenters. The van der Waals surface area contributed by atoms with Gasteiger partial charge in [-0.15, -0.1) is 0 Å². The summed E-state index contributed by atoms with van der Waals surface area (Å²) in [5.41, 5.74) is 5.97. The third-order valence-corrected chi connectivity index (χ3v) is 3.93. The average Bonchev–Trinajstić information content (AvgIpc) is 2.42. The van der Waals surface area contributed by atoms with Gasteiger partial charge in [0.2, 0.25) is 0 Å². The minimum absolute atomic E-state index is 0.0769. The normalized spacial score (nSPS) is 24.7. The van der Waals surface area contributed by atoms with Crippen molar-refractivity contribution in [2.45, 2.75) is 25.8 Å². The van der Waals surface area contributed by atoms with Crippen molar-refractivity contribution in [2.24, 2.45) is 11.7 Å². The predicted molar refractivity (Wildman–Crippen MR) is 68.1 cm³/mol. The average molecular weight is 272 g/mol. The number of hydrogen-bond acceptors (Lipinski definition) is 2. The van der Waals surface area contributed by atoms with E-state index in [1.54, 1.807) is 0 Å². The number of likely N-dealkylation sites (tertiary alicyclic amines) is 1. The number of piperidine rings is 1. The van der Waals surface area contributed by atoms with Crippen LogP contribution in [0.1, 0.15) is 31.4 Å². The van der Waals surface area contributed by atoms with Crippen molar-refractivity contribution in [1.29, 1.82) is 0 Å². The Morgan fingerprint density at radius 1 is 1.21 bits per heavy atom. The molecule has 1 aromatic rings. The molecule has 2 rings (SSSR count). The van der Waals surface area contributed by atoms with Crippen molar-refractivity contribution in [3.8, 4) is 0 Å². The number of hydrogen-bond donors (Lipinski definition) is 1. The lowest BCUT2D eigenvalue weighted by molar-refractivity contribution is 0.0987. The Kier molecular flexibility index (Phi) is 4.47. The molecule has 1 aliphatic heterocycles. The molecule has 0 bridgehead atoms. The number of halogens is 3. The molecular weight excluding hydrogens is 253 g/mol. The van der Waals surface area contributed by atoms with E-state index in [0.717, 1.165) is 32.0 Å². The van der Waals surface area contributed by atoms with Crippen LogP contribution in [0.25, 0.3) is 0 Å². The monoisotopic (exact) mass is 272 g/mol. The van der Waals surface area contributed by atoms with E-state index < -0.39 is 17.5 Å². The first-order valence-corrected chi connectivity index (χ1v) is 6.67. The molecule has 0 radical (unpaired) electrons. The molecule has 106 valence electrons. The van der Waals surface area contributed by atoms with Crippen molar-refractivity contribution < 1.29 is 13.2 Å². The zero-order valence-corrected chi connectivity index (χ0v) is 11.0. The van der Waals surface area contributed by atoms with Gasteiger partial charge >= 0.3 is 0 Å². The van der Waals surface area contributed by atoms with Crippen LogP contribution in [-0.4, -0.2) is 24.5 Å². The summed E-state index contributed by atoms with van der Waals surface area (Å²) in [7, 11) is 0. The highest BCUT2D eigenvalue weighted by Gasteiger charge is 2.33. The van der Waals surface area contributed by atoms with E-state index in [1.165, 1.54) is 0 Å². The fourth-order valence-electron chi connectivity index (χ4n) is 2.97. The van der Waals surface area contributed by atoms with Gasteiger partial charge in [0.1, 0.15) is 5.82 Å². The lowest BCUT2D eigenvalue weighted by Gasteiger charge is -2.41. The van der Waals surface area contributed by atoms with E-state index in [-0.39, 0.29) is 17.5 Å². The van der Waals surface area contributed by atoms with E-state index in [2.05, 4.69) is 4.90 Å². The van der Waals surface area contributed by atoms with Crippen molar-refractivity contribution in [3.63, 3.8) is 0 Å². The van der Waals surface area contributed by atoms with Gasteiger partial charge in [-0.25, -0.2) is 13.2 Å². The fraction of sp³-hybridized carbons (Fsp3) is 0.571. The topological polar surface area (TPSA) is 29.3 Å². The summed E-state index contributed by atoms with van der Waals surface area (Å²) in [6.07, 6.45) is 1.88. The Morgan fingerprint density at radius 3 is 2.53 bits per heavy atom. The van der Waals surface area contributed by atoms with Gasteiger partial charge in [0.25, 0.3) is 0 Å². The molecule has 2 nitrogen and oxygen atoms in total. The molecule has 19 heavy (non-hydrogen) atoms. The van der Waals surface area contributed by atoms with Gasteiger partial charge in [0, 0.05) is 17.7 Å². The van der Waals surface area contributed by atoms with Gasteiger partial charge in [0.15, 0.2) is 11.6 Å². The highest BCUT2D eigenvalue weighted by atomic mass is 19.2. The smallest absolute Gasteiger partial charge is 0.161 e. The number of rotatable bonds is 3. The minimum atomic E-state index is -1.15. The fourth-order valence-corrected chi connectivity index (χ4v) is 2.97. The molecule has 0 amide bonds. The first-order chi connectivity index (χ1) is 9.08. The zero-order chi connectivity index (χ0) is 14.0. The summed E-state index contributed by atoms with van der Waals surface area (Å²) >= 11 is 0. The van der Waals surface area contributed by atoms with Gasteiger partial charge in [-0.2, -0.15) is 0 Å². The van der Waals surface area contributed by atoms with Gasteiger partial charge in [-0.3, -0.25) is 4.90 Å². The molecule has 0 aliphatic carbocycles. The van der Waals surface area contributed by atoms with Crippen molar-refractivity contribution in [2.75, 3.05) is 19.6 Å². The Balaban J connectivity index is 2.43. The Morgan fingerprint density at radius 2 is 1.89 bits per heavy atom. The summed E-state index contributed by atoms with van der Waals surface area (Å²) in [5.74, 6) is -2.77. The van der Waals surface area contributed by atoms with E-state index in [0.29, 0.717) is 12.6 Å². The molecular formula is C14H19F3N2. The van der Waals surface area contributed by atoms with E-state index in [4.69, 9.17) is 5.73 Å². The maximum absolute atomic E-state index is 14.0. The highest BCUT2D eigenvalue weighted by Crippen LogP contribution is 2.37. The second-order valence-electron chi connectivity index (χ2n) is 5.00. The second-order valence-corrected chi connectivity index (χ2v) is 5.00. The molecule has 5 heteroatoms. The maximum atomic E-state index is 14.0. The molecule has 1 saturated heterocycles. The molecule has 1 aliphatic rings. The van der Waals surface area contributed by atoms with Crippen molar-refractivity contribution in [1.82, 2.24) is 4.90 Å². The van der Waals surface area contributed by atoms with Crippen molar-refractivity contribution in [3.05, 3.63) is 35.1 Å². The second kappa shape index (κ2) is 5.92. The summed E-state index contributed by atoms with van der Waals surface area (Å²) < 4.78 is 40.4. The summed E-state index contributed by atoms with van der Waals surface area (Å²) in [4.78, 5) is 2.08. The number of benzene rings is 1. The summed E-state index contributed by atoms with van der Waals surface area (Å²) in [6.45, 7) is 3.96. The Bertz CT molecular complexity index is 439. The SMILES string of the molecule is CCN1CCCC(CN)C1c1cc(F)c(F)cc1F. The molecule has 1 aromatic carbocycles. The quantitative estimate of drug-likeness (QED) is 0.857. The van der Waals surface area contributed by atoms with Gasteiger partial charge < -0.3 is 5.73 Å². The Labute approximate surface area is 111 Å². The first kappa shape index (κ1) is 14.3. The van der Waals surface area contributed by atoms with Gasteiger partial charge in [0.05, 0.1) is 0 Å². The lowest BCUT2D eigenvalue weighted by Crippen LogP contribution is -2.41. The van der Waals surface area contributed by atoms with Crippen LogP contribution in [-0.2, 0) is 0 Å². The molecule has 1 fully saturated rings. The minimum Gasteiger partial charge on any atom is -0.330 e. The molecule has 0 saturated carbocycles. The van der Waals surface area contributed by atoms with Crippen molar-refractivity contribution >= 4 is 0 Å². The lowest BCUT2D eigenvalue weighted by atomic mass is 9.84. The summed E-state index contributed by atoms with van der Waals surface area (Å²) in [6, 6.07) is 1.34. The van der Waals surface area contributed by atoms with E-state index in [1.807, 2.05) is 6.92 Å². The third kappa shape index (κ3) is 2.77. The van der Waals surface area contributed by atoms with Crippen LogP contribution in [0.2, 0.25) is 0 Å². The van der Waals surface area contributed by atoms with Crippen LogP contribution in [0.15, 0.2) is 12.1 Å². The van der Waals surface area contributed by atoms with Crippen LogP contribution in [0, 0.1) is 23.4 Å². The third-order valence-electron chi connectivity index (χ3n) is 3.93. The van der Waals surface area contributed by atoms with Gasteiger partial charge in [-0.1, -0.05) is 6.92 Å². The molecule has 2 unspecified atom stereocenters. The van der Waals surface area contributed by atoms with E-state index >= 15 is 0 Å².